The molecule has 2 heterocycles. The highest BCUT2D eigenvalue weighted by Gasteiger charge is 2.31. The van der Waals surface area contributed by atoms with E-state index in [1.165, 1.54) is 12.1 Å². The maximum absolute atomic E-state index is 13.9. The van der Waals surface area contributed by atoms with E-state index in [0.29, 0.717) is 38.2 Å². The molecule has 0 saturated carbocycles. The summed E-state index contributed by atoms with van der Waals surface area (Å²) < 4.78 is 44.4. The number of carbonyl (C=O) groups is 1. The van der Waals surface area contributed by atoms with Gasteiger partial charge in [0, 0.05) is 36.8 Å². The van der Waals surface area contributed by atoms with E-state index in [4.69, 9.17) is 9.44 Å². The number of amides is 1. The van der Waals surface area contributed by atoms with Gasteiger partial charge in [0.15, 0.2) is 0 Å². The van der Waals surface area contributed by atoms with Crippen molar-refractivity contribution < 1.29 is 21.8 Å². The molecule has 188 valence electrons. The molecule has 4 rings (SSSR count). The van der Waals surface area contributed by atoms with Gasteiger partial charge in [0.05, 0.1) is 29.9 Å². The molecule has 0 bridgehead atoms. The Labute approximate surface area is 216 Å². The number of carbonyl (C=O) groups excluding carboxylic acids is 1. The molecule has 36 heavy (non-hydrogen) atoms. The molecule has 1 saturated heterocycles. The highest BCUT2D eigenvalue weighted by Crippen LogP contribution is 2.26. The van der Waals surface area contributed by atoms with E-state index in [-0.39, 0.29) is 23.3 Å². The first kappa shape index (κ1) is 25.8. The van der Waals surface area contributed by atoms with Crippen molar-refractivity contribution in [3.8, 4) is 11.8 Å². The number of nitrogens with one attached hydrogen (secondary N) is 1. The summed E-state index contributed by atoms with van der Waals surface area (Å²) in [5.74, 6) is -0.435. The zero-order valence-corrected chi connectivity index (χ0v) is 21.7. The first-order chi connectivity index (χ1) is 17.1. The van der Waals surface area contributed by atoms with Crippen LogP contribution in [-0.2, 0) is 34.5 Å². The van der Waals surface area contributed by atoms with Crippen LogP contribution in [0.5, 0.6) is 5.75 Å². The molecule has 9 nitrogen and oxygen atoms in total. The Balaban J connectivity index is 1.36. The van der Waals surface area contributed by atoms with Gasteiger partial charge in [-0.2, -0.15) is 13.7 Å². The fourth-order valence-corrected chi connectivity index (χ4v) is 4.82. The number of halogens is 2. The molecule has 3 aromatic rings. The summed E-state index contributed by atoms with van der Waals surface area (Å²) in [6, 6.07) is 10.7. The first-order valence-corrected chi connectivity index (χ1v) is 13.6. The van der Waals surface area contributed by atoms with Gasteiger partial charge in [-0.1, -0.05) is 22.0 Å². The number of imidazole rings is 1. The molecule has 0 spiro atoms. The zero-order valence-electron chi connectivity index (χ0n) is 19.3. The number of nitrogens with zero attached hydrogens (tertiary/aromatic N) is 4. The van der Waals surface area contributed by atoms with Crippen molar-refractivity contribution in [2.75, 3.05) is 12.8 Å². The van der Waals surface area contributed by atoms with Crippen LogP contribution in [0.15, 0.2) is 53.4 Å². The van der Waals surface area contributed by atoms with E-state index in [2.05, 4.69) is 26.2 Å². The second-order valence-corrected chi connectivity index (χ2v) is 10.9. The third-order valence-corrected chi connectivity index (χ3v) is 7.03. The molecule has 1 atom stereocenters. The molecule has 0 aliphatic carbocycles. The Kier molecular flexibility index (Phi) is 7.73. The van der Waals surface area contributed by atoms with Gasteiger partial charge in [-0.05, 0) is 47.9 Å². The van der Waals surface area contributed by atoms with Crippen LogP contribution in [0, 0.1) is 17.1 Å². The zero-order chi connectivity index (χ0) is 25.9. The molecule has 1 aromatic heterocycles. The predicted molar refractivity (Wildman–Crippen MR) is 133 cm³/mol. The van der Waals surface area contributed by atoms with Gasteiger partial charge in [0.2, 0.25) is 5.91 Å². The molecule has 1 fully saturated rings. The summed E-state index contributed by atoms with van der Waals surface area (Å²) in [4.78, 5) is 18.9. The van der Waals surface area contributed by atoms with Crippen molar-refractivity contribution >= 4 is 32.0 Å². The van der Waals surface area contributed by atoms with Crippen LogP contribution in [0.25, 0.3) is 0 Å². The molecule has 1 aliphatic heterocycles. The smallest absolute Gasteiger partial charge is 0.306 e. The topological polar surface area (TPSA) is 117 Å². The summed E-state index contributed by atoms with van der Waals surface area (Å²) in [5.41, 5.74) is 2.26. The summed E-state index contributed by atoms with van der Waals surface area (Å²) >= 11 is 3.45. The van der Waals surface area contributed by atoms with Crippen molar-refractivity contribution in [2.24, 2.45) is 0 Å². The van der Waals surface area contributed by atoms with Gasteiger partial charge in [0.1, 0.15) is 17.6 Å². The maximum atomic E-state index is 13.9. The summed E-state index contributed by atoms with van der Waals surface area (Å²) in [5, 5.41) is 12.2. The molecule has 12 heteroatoms. The third kappa shape index (κ3) is 6.29. The van der Waals surface area contributed by atoms with Gasteiger partial charge in [-0.3, -0.25) is 4.79 Å². The van der Waals surface area contributed by atoms with Crippen molar-refractivity contribution in [1.29, 1.82) is 5.26 Å². The minimum Gasteiger partial charge on any atom is -0.383 e. The van der Waals surface area contributed by atoms with E-state index in [1.807, 2.05) is 10.6 Å². The minimum atomic E-state index is -3.66. The SMILES string of the molecule is CS(=O)(=O)Oc1ccc(Br)c(CN2CC[C@H](NCc3cncn3Cc3ccc(C#N)c(F)c3)C2=O)c1. The van der Waals surface area contributed by atoms with Crippen molar-refractivity contribution in [3.63, 3.8) is 0 Å². The summed E-state index contributed by atoms with van der Waals surface area (Å²) in [6.07, 6.45) is 4.92. The molecule has 1 N–H and O–H groups in total. The molecule has 0 unspecified atom stereocenters. The normalized spacial score (nSPS) is 15.8. The van der Waals surface area contributed by atoms with Crippen LogP contribution in [0.2, 0.25) is 0 Å². The predicted octanol–water partition coefficient (Wildman–Crippen LogP) is 2.93. The number of benzene rings is 2. The first-order valence-electron chi connectivity index (χ1n) is 11.0. The molecule has 0 radical (unpaired) electrons. The van der Waals surface area contributed by atoms with Gasteiger partial charge >= 0.3 is 10.1 Å². The Morgan fingerprint density at radius 2 is 2.08 bits per heavy atom. The second-order valence-electron chi connectivity index (χ2n) is 8.46. The number of aromatic nitrogens is 2. The quantitative estimate of drug-likeness (QED) is 0.390. The number of nitriles is 1. The van der Waals surface area contributed by atoms with Crippen molar-refractivity contribution in [2.45, 2.75) is 32.1 Å². The van der Waals surface area contributed by atoms with Gasteiger partial charge in [-0.15, -0.1) is 0 Å². The number of hydrogen-bond donors (Lipinski definition) is 1. The summed E-state index contributed by atoms with van der Waals surface area (Å²) in [6.45, 7) is 1.62. The average Bonchev–Trinajstić information content (AvgIpc) is 3.40. The lowest BCUT2D eigenvalue weighted by molar-refractivity contribution is -0.130. The van der Waals surface area contributed by atoms with Gasteiger partial charge in [0.25, 0.3) is 0 Å². The Bertz CT molecular complexity index is 1440. The Morgan fingerprint density at radius 3 is 2.81 bits per heavy atom. The Hall–Kier alpha value is -3.27. The second kappa shape index (κ2) is 10.8. The average molecular weight is 576 g/mol. The number of rotatable bonds is 9. The largest absolute Gasteiger partial charge is 0.383 e. The monoisotopic (exact) mass is 575 g/mol. The standard InChI is InChI=1S/C24H23BrFN5O4S/c1-36(33,34)35-20-4-5-21(25)18(9-20)14-30-7-6-23(24(30)32)29-12-19-11-28-15-31(19)13-16-2-3-17(10-27)22(26)8-16/h2-5,8-9,11,15,23,29H,6-7,12-14H2,1H3/t23-/m0/s1. The number of hydrogen-bond acceptors (Lipinski definition) is 7. The molecule has 2 aromatic carbocycles. The van der Waals surface area contributed by atoms with E-state index >= 15 is 0 Å². The lowest BCUT2D eigenvalue weighted by atomic mass is 10.1. The minimum absolute atomic E-state index is 0.00255. The lowest BCUT2D eigenvalue weighted by Gasteiger charge is -2.19. The molecular weight excluding hydrogens is 553 g/mol. The van der Waals surface area contributed by atoms with E-state index in [1.54, 1.807) is 41.7 Å². The molecule has 1 amide bonds. The van der Waals surface area contributed by atoms with Crippen molar-refractivity contribution in [3.05, 3.63) is 81.6 Å². The molecular formula is C24H23BrFN5O4S. The summed E-state index contributed by atoms with van der Waals surface area (Å²) in [7, 11) is -3.66. The van der Waals surface area contributed by atoms with Crippen LogP contribution >= 0.6 is 15.9 Å². The van der Waals surface area contributed by atoms with Crippen LogP contribution in [0.3, 0.4) is 0 Å². The highest BCUT2D eigenvalue weighted by atomic mass is 79.9. The van der Waals surface area contributed by atoms with E-state index in [0.717, 1.165) is 22.0 Å². The Morgan fingerprint density at radius 1 is 1.28 bits per heavy atom. The number of likely N-dealkylation sites (tertiary alicyclic amines) is 1. The maximum Gasteiger partial charge on any atom is 0.306 e. The fourth-order valence-electron chi connectivity index (χ4n) is 4.00. The third-order valence-electron chi connectivity index (χ3n) is 5.76. The van der Waals surface area contributed by atoms with Gasteiger partial charge < -0.3 is 19.0 Å². The van der Waals surface area contributed by atoms with E-state index in [9.17, 15) is 17.6 Å². The van der Waals surface area contributed by atoms with Crippen LogP contribution < -0.4 is 9.50 Å². The van der Waals surface area contributed by atoms with Crippen LogP contribution in [0.1, 0.15) is 28.8 Å². The fraction of sp³-hybridized carbons (Fsp3) is 0.292. The van der Waals surface area contributed by atoms with Gasteiger partial charge in [-0.25, -0.2) is 9.37 Å². The van der Waals surface area contributed by atoms with E-state index < -0.39 is 15.9 Å². The van der Waals surface area contributed by atoms with Crippen molar-refractivity contribution in [1.82, 2.24) is 19.8 Å². The lowest BCUT2D eigenvalue weighted by Crippen LogP contribution is -2.38. The van der Waals surface area contributed by atoms with Crippen LogP contribution in [0.4, 0.5) is 4.39 Å². The molecule has 1 aliphatic rings. The highest BCUT2D eigenvalue weighted by molar-refractivity contribution is 9.10. The van der Waals surface area contributed by atoms with Crippen LogP contribution in [-0.4, -0.2) is 47.6 Å².